The van der Waals surface area contributed by atoms with Gasteiger partial charge in [-0.15, -0.1) is 0 Å². The molecular weight excluding hydrogens is 428 g/mol. The third kappa shape index (κ3) is 5.61. The summed E-state index contributed by atoms with van der Waals surface area (Å²) < 4.78 is 6.09. The highest BCUT2D eigenvalue weighted by Crippen LogP contribution is 2.48. The Balaban J connectivity index is 1.55. The van der Waals surface area contributed by atoms with Crippen LogP contribution in [0.4, 0.5) is 0 Å². The van der Waals surface area contributed by atoms with Gasteiger partial charge in [-0.05, 0) is 68.1 Å². The Hall–Kier alpha value is -2.86. The van der Waals surface area contributed by atoms with Crippen LogP contribution in [0.1, 0.15) is 44.1 Å². The number of carbonyl (C=O) groups is 2. The molecule has 6 heteroatoms. The van der Waals surface area contributed by atoms with Crippen molar-refractivity contribution in [3.63, 3.8) is 0 Å². The van der Waals surface area contributed by atoms with Crippen LogP contribution >= 0.6 is 0 Å². The van der Waals surface area contributed by atoms with Crippen molar-refractivity contribution < 1.29 is 19.4 Å². The smallest absolute Gasteiger partial charge is 0.304 e. The van der Waals surface area contributed by atoms with Crippen molar-refractivity contribution >= 4 is 11.9 Å². The summed E-state index contributed by atoms with van der Waals surface area (Å²) in [5.74, 6) is -0.134. The standard InChI is InChI=1S/C28H36N2O4/c29-23-15-13-22(14-16-23)25-19-30(17-7-10-21-8-3-1-4-9-21)27(33)28(25,18-26(31)32)20-34-24-11-5-2-6-12-24/h1-6,8-9,11-12,22-23,25H,7,10,13-20,29H2,(H,31,32). The molecule has 2 atom stereocenters. The van der Waals surface area contributed by atoms with Gasteiger partial charge in [-0.2, -0.15) is 0 Å². The molecule has 0 bridgehead atoms. The van der Waals surface area contributed by atoms with Crippen LogP contribution in [0, 0.1) is 17.3 Å². The van der Waals surface area contributed by atoms with Gasteiger partial charge < -0.3 is 20.5 Å². The van der Waals surface area contributed by atoms with Crippen molar-refractivity contribution in [2.75, 3.05) is 19.7 Å². The number of benzene rings is 2. The molecule has 2 fully saturated rings. The molecule has 1 heterocycles. The first-order valence-corrected chi connectivity index (χ1v) is 12.5. The summed E-state index contributed by atoms with van der Waals surface area (Å²) in [4.78, 5) is 27.9. The molecule has 1 aliphatic heterocycles. The molecule has 3 N–H and O–H groups in total. The zero-order valence-corrected chi connectivity index (χ0v) is 19.8. The fraction of sp³-hybridized carbons (Fsp3) is 0.500. The second-order valence-electron chi connectivity index (χ2n) is 9.95. The number of hydrogen-bond donors (Lipinski definition) is 2. The van der Waals surface area contributed by atoms with Crippen LogP contribution in [0.25, 0.3) is 0 Å². The summed E-state index contributed by atoms with van der Waals surface area (Å²) in [6.07, 6.45) is 5.24. The van der Waals surface area contributed by atoms with Gasteiger partial charge in [0.15, 0.2) is 0 Å². The zero-order chi connectivity index (χ0) is 24.0. The summed E-state index contributed by atoms with van der Waals surface area (Å²) in [5.41, 5.74) is 6.35. The van der Waals surface area contributed by atoms with Gasteiger partial charge in [0.25, 0.3) is 0 Å². The van der Waals surface area contributed by atoms with E-state index >= 15 is 0 Å². The number of carboxylic acids is 1. The van der Waals surface area contributed by atoms with Crippen LogP contribution in [0.15, 0.2) is 60.7 Å². The van der Waals surface area contributed by atoms with Crippen LogP contribution < -0.4 is 10.5 Å². The Morgan fingerprint density at radius 3 is 2.32 bits per heavy atom. The van der Waals surface area contributed by atoms with Gasteiger partial charge in [0.2, 0.25) is 5.91 Å². The molecule has 1 saturated carbocycles. The number of nitrogens with two attached hydrogens (primary N) is 1. The second kappa shape index (κ2) is 11.0. The molecule has 34 heavy (non-hydrogen) atoms. The van der Waals surface area contributed by atoms with Crippen molar-refractivity contribution in [3.8, 4) is 5.75 Å². The molecule has 0 spiro atoms. The van der Waals surface area contributed by atoms with Gasteiger partial charge in [-0.1, -0.05) is 48.5 Å². The number of aryl methyl sites for hydroxylation is 1. The maximum absolute atomic E-state index is 13.9. The largest absolute Gasteiger partial charge is 0.492 e. The number of nitrogens with zero attached hydrogens (tertiary/aromatic N) is 1. The predicted octanol–water partition coefficient (Wildman–Crippen LogP) is 4.14. The van der Waals surface area contributed by atoms with Crippen molar-refractivity contribution in [2.45, 2.75) is 51.0 Å². The first kappa shape index (κ1) is 24.3. The number of para-hydroxylation sites is 1. The number of aliphatic carboxylic acids is 1. The molecule has 2 unspecified atom stereocenters. The normalized spacial score (nSPS) is 27.0. The van der Waals surface area contributed by atoms with Gasteiger partial charge in [-0.25, -0.2) is 0 Å². The lowest BCUT2D eigenvalue weighted by molar-refractivity contribution is -0.150. The van der Waals surface area contributed by atoms with Gasteiger partial charge in [0.05, 0.1) is 11.8 Å². The number of carboxylic acid groups (broad SMARTS) is 1. The van der Waals surface area contributed by atoms with Gasteiger partial charge >= 0.3 is 5.97 Å². The molecule has 2 aliphatic rings. The molecule has 2 aromatic rings. The van der Waals surface area contributed by atoms with E-state index in [1.807, 2.05) is 53.4 Å². The molecule has 2 aromatic carbocycles. The molecule has 0 radical (unpaired) electrons. The minimum atomic E-state index is -1.06. The van der Waals surface area contributed by atoms with Crippen LogP contribution in [0.2, 0.25) is 0 Å². The third-order valence-corrected chi connectivity index (χ3v) is 7.67. The van der Waals surface area contributed by atoms with Crippen molar-refractivity contribution in [1.29, 1.82) is 0 Å². The van der Waals surface area contributed by atoms with Gasteiger partial charge in [0.1, 0.15) is 12.4 Å². The number of likely N-dealkylation sites (tertiary alicyclic amines) is 1. The van der Waals surface area contributed by atoms with Crippen LogP contribution in [-0.2, 0) is 16.0 Å². The average Bonchev–Trinajstić information content (AvgIpc) is 3.11. The van der Waals surface area contributed by atoms with E-state index in [2.05, 4.69) is 12.1 Å². The number of ether oxygens (including phenoxy) is 1. The number of carbonyl (C=O) groups excluding carboxylic acids is 1. The Morgan fingerprint density at radius 1 is 1.03 bits per heavy atom. The van der Waals surface area contributed by atoms with E-state index in [-0.39, 0.29) is 36.8 Å². The summed E-state index contributed by atoms with van der Waals surface area (Å²) in [5, 5.41) is 9.88. The Kier molecular flexibility index (Phi) is 7.88. The van der Waals surface area contributed by atoms with E-state index in [4.69, 9.17) is 10.5 Å². The van der Waals surface area contributed by atoms with E-state index in [1.54, 1.807) is 0 Å². The maximum atomic E-state index is 13.9. The number of amides is 1. The number of hydrogen-bond acceptors (Lipinski definition) is 4. The average molecular weight is 465 g/mol. The van der Waals surface area contributed by atoms with Crippen LogP contribution in [0.5, 0.6) is 5.75 Å². The third-order valence-electron chi connectivity index (χ3n) is 7.67. The summed E-state index contributed by atoms with van der Waals surface area (Å²) in [7, 11) is 0. The molecule has 182 valence electrons. The molecule has 6 nitrogen and oxygen atoms in total. The summed E-state index contributed by atoms with van der Waals surface area (Å²) >= 11 is 0. The highest BCUT2D eigenvalue weighted by molar-refractivity contribution is 5.89. The fourth-order valence-corrected chi connectivity index (χ4v) is 5.85. The van der Waals surface area contributed by atoms with E-state index < -0.39 is 11.4 Å². The van der Waals surface area contributed by atoms with Crippen molar-refractivity contribution in [3.05, 3.63) is 66.2 Å². The van der Waals surface area contributed by atoms with Gasteiger partial charge in [-0.3, -0.25) is 9.59 Å². The number of rotatable bonds is 10. The second-order valence-corrected chi connectivity index (χ2v) is 9.95. The summed E-state index contributed by atoms with van der Waals surface area (Å²) in [6.45, 7) is 1.31. The van der Waals surface area contributed by atoms with E-state index in [0.29, 0.717) is 18.8 Å². The SMILES string of the molecule is NC1CCC(C2CN(CCCc3ccccc3)C(=O)C2(COc2ccccc2)CC(=O)O)CC1. The lowest BCUT2D eigenvalue weighted by Crippen LogP contribution is -2.46. The highest BCUT2D eigenvalue weighted by Gasteiger charge is 2.57. The fourth-order valence-electron chi connectivity index (χ4n) is 5.85. The molecule has 4 rings (SSSR count). The minimum absolute atomic E-state index is 0.0518. The predicted molar refractivity (Wildman–Crippen MR) is 131 cm³/mol. The Morgan fingerprint density at radius 2 is 1.68 bits per heavy atom. The lowest BCUT2D eigenvalue weighted by atomic mass is 9.65. The zero-order valence-electron chi connectivity index (χ0n) is 19.8. The van der Waals surface area contributed by atoms with Crippen LogP contribution in [-0.4, -0.2) is 47.6 Å². The molecule has 1 saturated heterocycles. The minimum Gasteiger partial charge on any atom is -0.492 e. The quantitative estimate of drug-likeness (QED) is 0.551. The Bertz CT molecular complexity index is 943. The molecule has 1 amide bonds. The maximum Gasteiger partial charge on any atom is 0.304 e. The van der Waals surface area contributed by atoms with Crippen molar-refractivity contribution in [2.24, 2.45) is 23.0 Å². The first-order valence-electron chi connectivity index (χ1n) is 12.5. The Labute approximate surface area is 202 Å². The van der Waals surface area contributed by atoms with Crippen LogP contribution in [0.3, 0.4) is 0 Å². The lowest BCUT2D eigenvalue weighted by Gasteiger charge is -2.38. The van der Waals surface area contributed by atoms with Gasteiger partial charge in [0, 0.05) is 19.1 Å². The van der Waals surface area contributed by atoms with E-state index in [9.17, 15) is 14.7 Å². The first-order chi connectivity index (χ1) is 16.5. The molecular formula is C28H36N2O4. The monoisotopic (exact) mass is 464 g/mol. The highest BCUT2D eigenvalue weighted by atomic mass is 16.5. The topological polar surface area (TPSA) is 92.9 Å². The van der Waals surface area contributed by atoms with Crippen molar-refractivity contribution in [1.82, 2.24) is 4.90 Å². The van der Waals surface area contributed by atoms with E-state index in [1.165, 1.54) is 5.56 Å². The molecule has 0 aromatic heterocycles. The van der Waals surface area contributed by atoms with E-state index in [0.717, 1.165) is 38.5 Å². The molecule has 1 aliphatic carbocycles. The summed E-state index contributed by atoms with van der Waals surface area (Å²) in [6, 6.07) is 19.8.